The third-order valence-corrected chi connectivity index (χ3v) is 7.22. The normalized spacial score (nSPS) is 14.4. The van der Waals surface area contributed by atoms with Gasteiger partial charge in [0.05, 0.1) is 28.5 Å². The lowest BCUT2D eigenvalue weighted by Crippen LogP contribution is -2.24. The first kappa shape index (κ1) is 28.2. The van der Waals surface area contributed by atoms with Gasteiger partial charge >= 0.3 is 0 Å². The number of nitrogens with one attached hydrogen (secondary N) is 3. The van der Waals surface area contributed by atoms with Crippen LogP contribution in [0.2, 0.25) is 0 Å². The molecule has 1 fully saturated rings. The third kappa shape index (κ3) is 7.01. The van der Waals surface area contributed by atoms with Gasteiger partial charge in [0, 0.05) is 60.2 Å². The number of rotatable bonds is 9. The zero-order valence-electron chi connectivity index (χ0n) is 23.1. The number of aromatic nitrogens is 1. The Balaban J connectivity index is 1.78. The van der Waals surface area contributed by atoms with Gasteiger partial charge in [-0.1, -0.05) is 32.9 Å². The highest BCUT2D eigenvalue weighted by Crippen LogP contribution is 2.36. The molecule has 0 radical (unpaired) electrons. The van der Waals surface area contributed by atoms with Crippen LogP contribution in [0.15, 0.2) is 59.0 Å². The van der Waals surface area contributed by atoms with Gasteiger partial charge in [-0.25, -0.2) is 0 Å². The molecule has 204 valence electrons. The maximum Gasteiger partial charge on any atom is 0.223 e. The number of nitrogens with two attached hydrogens (primary N) is 1. The molecule has 8 nitrogen and oxygen atoms in total. The minimum absolute atomic E-state index is 0.0202. The molecule has 1 atom stereocenters. The Hall–Kier alpha value is -3.77. The van der Waals surface area contributed by atoms with Gasteiger partial charge in [-0.3, -0.25) is 9.78 Å². The van der Waals surface area contributed by atoms with Crippen molar-refractivity contribution in [1.82, 2.24) is 10.3 Å². The van der Waals surface area contributed by atoms with Crippen LogP contribution in [-0.2, 0) is 4.79 Å². The standard InChI is InChI=1S/C30H36BrN7O/c1-18(39)38(5)23-8-6-7-19(11-23)28(26(33)16-34-21-9-10-21)37-22-12-24-27(36-17-30(2,3)4)20(14-32)15-35-29(24)25(31)13-22/h6-8,11-13,15-16,21,28,34,37H,9-10,17,33H2,1-5H3,(H,35,36)/b26-16-. The number of amides is 1. The number of carbonyl (C=O) groups is 1. The number of benzene rings is 2. The van der Waals surface area contributed by atoms with E-state index >= 15 is 0 Å². The Morgan fingerprint density at radius 2 is 2.05 bits per heavy atom. The molecule has 1 aliphatic carbocycles. The van der Waals surface area contributed by atoms with Crippen molar-refractivity contribution in [3.8, 4) is 6.07 Å². The summed E-state index contributed by atoms with van der Waals surface area (Å²) >= 11 is 3.69. The molecule has 0 bridgehead atoms. The van der Waals surface area contributed by atoms with E-state index in [1.165, 1.54) is 6.92 Å². The topological polar surface area (TPSA) is 119 Å². The molecule has 1 aliphatic rings. The molecule has 0 aliphatic heterocycles. The Morgan fingerprint density at radius 1 is 1.31 bits per heavy atom. The molecule has 5 N–H and O–H groups in total. The average molecular weight is 591 g/mol. The van der Waals surface area contributed by atoms with E-state index in [1.807, 2.05) is 42.6 Å². The van der Waals surface area contributed by atoms with Crippen LogP contribution in [0.1, 0.15) is 57.7 Å². The lowest BCUT2D eigenvalue weighted by Gasteiger charge is -2.24. The molecule has 4 rings (SSSR count). The van der Waals surface area contributed by atoms with E-state index < -0.39 is 0 Å². The highest BCUT2D eigenvalue weighted by atomic mass is 79.9. The molecular formula is C30H36BrN7O. The molecule has 39 heavy (non-hydrogen) atoms. The van der Waals surface area contributed by atoms with Crippen molar-refractivity contribution in [2.75, 3.05) is 29.1 Å². The maximum absolute atomic E-state index is 12.0. The molecule has 3 aromatic rings. The quantitative estimate of drug-likeness (QED) is 0.241. The molecule has 0 saturated heterocycles. The summed E-state index contributed by atoms with van der Waals surface area (Å²) in [7, 11) is 1.75. The number of hydrogen-bond acceptors (Lipinski definition) is 7. The van der Waals surface area contributed by atoms with Crippen molar-refractivity contribution in [3.63, 3.8) is 0 Å². The molecule has 1 unspecified atom stereocenters. The minimum atomic E-state index is -0.376. The largest absolute Gasteiger partial charge is 0.399 e. The van der Waals surface area contributed by atoms with Crippen LogP contribution in [-0.4, -0.2) is 30.5 Å². The Kier molecular flexibility index (Phi) is 8.36. The second kappa shape index (κ2) is 11.5. The van der Waals surface area contributed by atoms with Crippen LogP contribution < -0.4 is 26.6 Å². The smallest absolute Gasteiger partial charge is 0.223 e. The van der Waals surface area contributed by atoms with Gasteiger partial charge in [-0.2, -0.15) is 5.26 Å². The van der Waals surface area contributed by atoms with Crippen LogP contribution in [0.3, 0.4) is 0 Å². The van der Waals surface area contributed by atoms with Crippen molar-refractivity contribution in [3.05, 3.63) is 70.1 Å². The maximum atomic E-state index is 12.0. The number of anilines is 3. The van der Waals surface area contributed by atoms with Gasteiger partial charge in [0.2, 0.25) is 5.91 Å². The van der Waals surface area contributed by atoms with Gasteiger partial charge in [0.15, 0.2) is 0 Å². The zero-order valence-corrected chi connectivity index (χ0v) is 24.7. The summed E-state index contributed by atoms with van der Waals surface area (Å²) in [5.74, 6) is -0.0508. The van der Waals surface area contributed by atoms with E-state index in [9.17, 15) is 10.1 Å². The number of nitrogens with zero attached hydrogens (tertiary/aromatic N) is 3. The predicted molar refractivity (Wildman–Crippen MR) is 162 cm³/mol. The van der Waals surface area contributed by atoms with Crippen molar-refractivity contribution < 1.29 is 4.79 Å². The van der Waals surface area contributed by atoms with Crippen LogP contribution in [0, 0.1) is 16.7 Å². The fraction of sp³-hybridized carbons (Fsp3) is 0.367. The van der Waals surface area contributed by atoms with Gasteiger partial charge in [0.1, 0.15) is 6.07 Å². The Morgan fingerprint density at radius 3 is 2.69 bits per heavy atom. The summed E-state index contributed by atoms with van der Waals surface area (Å²) in [6.45, 7) is 8.66. The van der Waals surface area contributed by atoms with Gasteiger partial charge < -0.3 is 26.6 Å². The minimum Gasteiger partial charge on any atom is -0.399 e. The number of carbonyl (C=O) groups excluding carboxylic acids is 1. The SMILES string of the molecule is CC(=O)N(C)c1cccc(C(Nc2cc(Br)c3ncc(C#N)c(NCC(C)(C)C)c3c2)/C(N)=C/NC2CC2)c1. The summed E-state index contributed by atoms with van der Waals surface area (Å²) in [6, 6.07) is 14.1. The first-order valence-electron chi connectivity index (χ1n) is 13.1. The molecule has 1 heterocycles. The number of pyridine rings is 1. The van der Waals surface area contributed by atoms with Gasteiger partial charge in [-0.15, -0.1) is 0 Å². The molecule has 1 amide bonds. The Labute approximate surface area is 238 Å². The summed E-state index contributed by atoms with van der Waals surface area (Å²) in [5, 5.41) is 21.1. The molecule has 9 heteroatoms. The summed E-state index contributed by atoms with van der Waals surface area (Å²) in [6.07, 6.45) is 5.75. The third-order valence-electron chi connectivity index (χ3n) is 6.61. The van der Waals surface area contributed by atoms with Crippen molar-refractivity contribution in [1.29, 1.82) is 5.26 Å². The molecule has 0 spiro atoms. The van der Waals surface area contributed by atoms with Crippen LogP contribution >= 0.6 is 15.9 Å². The van der Waals surface area contributed by atoms with Crippen molar-refractivity contribution >= 4 is 49.8 Å². The molecular weight excluding hydrogens is 554 g/mol. The Bertz CT molecular complexity index is 1450. The van der Waals surface area contributed by atoms with Gasteiger partial charge in [-0.05, 0) is 64.0 Å². The average Bonchev–Trinajstić information content (AvgIpc) is 3.72. The van der Waals surface area contributed by atoms with Crippen LogP contribution in [0.4, 0.5) is 17.1 Å². The molecule has 2 aromatic carbocycles. The van der Waals surface area contributed by atoms with E-state index in [2.05, 4.69) is 63.7 Å². The first-order chi connectivity index (χ1) is 18.5. The van der Waals surface area contributed by atoms with Crippen LogP contribution in [0.5, 0.6) is 0 Å². The monoisotopic (exact) mass is 589 g/mol. The number of fused-ring (bicyclic) bond motifs is 1. The van der Waals surface area contributed by atoms with Crippen molar-refractivity contribution in [2.45, 2.75) is 52.6 Å². The highest BCUT2D eigenvalue weighted by molar-refractivity contribution is 9.10. The van der Waals surface area contributed by atoms with E-state index in [4.69, 9.17) is 5.73 Å². The molecule has 1 saturated carbocycles. The highest BCUT2D eigenvalue weighted by Gasteiger charge is 2.22. The summed E-state index contributed by atoms with van der Waals surface area (Å²) in [4.78, 5) is 18.2. The molecule has 1 aromatic heterocycles. The predicted octanol–water partition coefficient (Wildman–Crippen LogP) is 6.01. The second-order valence-electron chi connectivity index (χ2n) is 11.3. The van der Waals surface area contributed by atoms with E-state index in [-0.39, 0.29) is 17.4 Å². The number of nitriles is 1. The van der Waals surface area contributed by atoms with Crippen molar-refractivity contribution in [2.24, 2.45) is 11.1 Å². The first-order valence-corrected chi connectivity index (χ1v) is 13.8. The van der Waals surface area contributed by atoms with E-state index in [0.717, 1.165) is 50.8 Å². The zero-order chi connectivity index (χ0) is 28.3. The van der Waals surface area contributed by atoms with Crippen LogP contribution in [0.25, 0.3) is 10.9 Å². The lowest BCUT2D eigenvalue weighted by atomic mass is 9.96. The van der Waals surface area contributed by atoms with Gasteiger partial charge in [0.25, 0.3) is 0 Å². The summed E-state index contributed by atoms with van der Waals surface area (Å²) in [5.41, 5.74) is 11.8. The fourth-order valence-electron chi connectivity index (χ4n) is 4.14. The second-order valence-corrected chi connectivity index (χ2v) is 12.1. The van der Waals surface area contributed by atoms with E-state index in [1.54, 1.807) is 18.1 Å². The lowest BCUT2D eigenvalue weighted by molar-refractivity contribution is -0.116. The van der Waals surface area contributed by atoms with E-state index in [0.29, 0.717) is 23.8 Å². The summed E-state index contributed by atoms with van der Waals surface area (Å²) < 4.78 is 0.799. The fourth-order valence-corrected chi connectivity index (χ4v) is 4.70. The number of halogens is 1. The number of hydrogen-bond donors (Lipinski definition) is 4.